The van der Waals surface area contributed by atoms with Crippen molar-refractivity contribution in [1.29, 1.82) is 0 Å². The van der Waals surface area contributed by atoms with Crippen molar-refractivity contribution in [3.05, 3.63) is 0 Å². The molecule has 1 unspecified atom stereocenters. The summed E-state index contributed by atoms with van der Waals surface area (Å²) in [6.45, 7) is 3.82. The Balaban J connectivity index is 2.22. The first-order valence-corrected chi connectivity index (χ1v) is 5.87. The van der Waals surface area contributed by atoms with Crippen LogP contribution in [0.25, 0.3) is 0 Å². The van der Waals surface area contributed by atoms with Crippen LogP contribution in [0.15, 0.2) is 0 Å². The molecule has 0 radical (unpaired) electrons. The smallest absolute Gasteiger partial charge is 0.312 e. The lowest BCUT2D eigenvalue weighted by Crippen LogP contribution is -2.63. The van der Waals surface area contributed by atoms with Gasteiger partial charge in [-0.1, -0.05) is 0 Å². The van der Waals surface area contributed by atoms with E-state index >= 15 is 0 Å². The van der Waals surface area contributed by atoms with Gasteiger partial charge in [-0.3, -0.25) is 4.79 Å². The van der Waals surface area contributed by atoms with Crippen LogP contribution in [0, 0.1) is 5.41 Å². The molecule has 0 aromatic heterocycles. The van der Waals surface area contributed by atoms with Gasteiger partial charge in [-0.25, -0.2) is 0 Å². The summed E-state index contributed by atoms with van der Waals surface area (Å²) in [5.41, 5.74) is -2.85. The lowest BCUT2D eigenvalue weighted by atomic mass is 9.56. The Bertz CT molecular complexity index is 332. The Labute approximate surface area is 101 Å². The molecule has 1 saturated carbocycles. The second-order valence-corrected chi connectivity index (χ2v) is 5.91. The van der Waals surface area contributed by atoms with Gasteiger partial charge in [-0.2, -0.15) is 0 Å². The van der Waals surface area contributed by atoms with Crippen LogP contribution in [-0.2, 0) is 14.3 Å². The highest BCUT2D eigenvalue weighted by atomic mass is 16.5. The topological polar surface area (TPSA) is 76.0 Å². The molecule has 0 aromatic rings. The Morgan fingerprint density at radius 1 is 1.41 bits per heavy atom. The predicted octanol–water partition coefficient (Wildman–Crippen LogP) is 0.796. The molecular formula is C12H20O5. The molecule has 1 aliphatic carbocycles. The highest BCUT2D eigenvalue weighted by molar-refractivity contribution is 5.78. The Hall–Kier alpha value is -0.650. The van der Waals surface area contributed by atoms with E-state index in [0.29, 0.717) is 19.3 Å². The number of aliphatic hydroxyl groups is 1. The summed E-state index contributed by atoms with van der Waals surface area (Å²) in [7, 11) is 1.57. The third-order valence-electron chi connectivity index (χ3n) is 4.21. The maximum absolute atomic E-state index is 11.5. The molecule has 0 aromatic carbocycles. The standard InChI is InChI=1S/C12H20O5/c1-10(2)6-12(15,7-17-10)11(9(13)14)4-8(5-11)16-3/h8,15H,4-7H2,1-3H3,(H,13,14). The lowest BCUT2D eigenvalue weighted by Gasteiger charge is -2.51. The van der Waals surface area contributed by atoms with Gasteiger partial charge in [0.1, 0.15) is 11.0 Å². The van der Waals surface area contributed by atoms with Crippen LogP contribution in [0.3, 0.4) is 0 Å². The minimum Gasteiger partial charge on any atom is -0.481 e. The molecule has 1 aliphatic heterocycles. The van der Waals surface area contributed by atoms with Crippen LogP contribution in [0.5, 0.6) is 0 Å². The van der Waals surface area contributed by atoms with E-state index in [1.54, 1.807) is 7.11 Å². The zero-order valence-electron chi connectivity index (χ0n) is 10.5. The maximum atomic E-state index is 11.5. The van der Waals surface area contributed by atoms with E-state index in [1.807, 2.05) is 13.8 Å². The molecule has 0 spiro atoms. The molecule has 2 fully saturated rings. The van der Waals surface area contributed by atoms with Gasteiger partial charge in [0.2, 0.25) is 0 Å². The lowest BCUT2D eigenvalue weighted by molar-refractivity contribution is -0.205. The summed E-state index contributed by atoms with van der Waals surface area (Å²) >= 11 is 0. The van der Waals surface area contributed by atoms with E-state index in [1.165, 1.54) is 0 Å². The minimum absolute atomic E-state index is 0.0705. The van der Waals surface area contributed by atoms with E-state index < -0.39 is 22.6 Å². The van der Waals surface area contributed by atoms with Gasteiger partial charge >= 0.3 is 5.97 Å². The van der Waals surface area contributed by atoms with Crippen molar-refractivity contribution in [2.45, 2.75) is 50.4 Å². The van der Waals surface area contributed by atoms with E-state index in [0.717, 1.165) is 0 Å². The third kappa shape index (κ3) is 1.77. The molecule has 17 heavy (non-hydrogen) atoms. The molecule has 2 rings (SSSR count). The van der Waals surface area contributed by atoms with Gasteiger partial charge in [-0.05, 0) is 26.7 Å². The Kier molecular flexibility index (Phi) is 2.76. The molecule has 0 bridgehead atoms. The number of hydrogen-bond donors (Lipinski definition) is 2. The molecule has 98 valence electrons. The number of aliphatic carboxylic acids is 1. The van der Waals surface area contributed by atoms with Gasteiger partial charge in [0, 0.05) is 13.5 Å². The summed E-state index contributed by atoms with van der Waals surface area (Å²) in [5, 5.41) is 20.0. The zero-order valence-corrected chi connectivity index (χ0v) is 10.5. The van der Waals surface area contributed by atoms with Crippen LogP contribution in [0.2, 0.25) is 0 Å². The summed E-state index contributed by atoms with van der Waals surface area (Å²) < 4.78 is 10.6. The van der Waals surface area contributed by atoms with Crippen molar-refractivity contribution in [3.63, 3.8) is 0 Å². The van der Waals surface area contributed by atoms with Gasteiger partial charge in [-0.15, -0.1) is 0 Å². The van der Waals surface area contributed by atoms with E-state index in [2.05, 4.69) is 0 Å². The van der Waals surface area contributed by atoms with Gasteiger partial charge in [0.05, 0.1) is 18.3 Å². The van der Waals surface area contributed by atoms with Crippen molar-refractivity contribution >= 4 is 5.97 Å². The highest BCUT2D eigenvalue weighted by Crippen LogP contribution is 2.55. The molecule has 0 amide bonds. The predicted molar refractivity (Wildman–Crippen MR) is 59.7 cm³/mol. The van der Waals surface area contributed by atoms with Crippen molar-refractivity contribution in [3.8, 4) is 0 Å². The summed E-state index contributed by atoms with van der Waals surface area (Å²) in [5.74, 6) is -0.949. The van der Waals surface area contributed by atoms with Crippen molar-refractivity contribution in [2.75, 3.05) is 13.7 Å². The molecule has 5 nitrogen and oxygen atoms in total. The number of methoxy groups -OCH3 is 1. The Morgan fingerprint density at radius 3 is 2.35 bits per heavy atom. The number of ether oxygens (including phenoxy) is 2. The number of carbonyl (C=O) groups is 1. The second kappa shape index (κ2) is 3.67. The van der Waals surface area contributed by atoms with Crippen LogP contribution in [0.4, 0.5) is 0 Å². The van der Waals surface area contributed by atoms with Crippen LogP contribution in [-0.4, -0.2) is 47.2 Å². The first-order chi connectivity index (χ1) is 7.75. The van der Waals surface area contributed by atoms with Crippen LogP contribution in [0.1, 0.15) is 33.1 Å². The normalized spacial score (nSPS) is 44.4. The van der Waals surface area contributed by atoms with Gasteiger partial charge in [0.15, 0.2) is 0 Å². The van der Waals surface area contributed by atoms with Crippen LogP contribution < -0.4 is 0 Å². The summed E-state index contributed by atoms with van der Waals surface area (Å²) in [6, 6.07) is 0. The quantitative estimate of drug-likeness (QED) is 0.768. The number of carboxylic acids is 1. The molecule has 2 N–H and O–H groups in total. The number of rotatable bonds is 3. The highest BCUT2D eigenvalue weighted by Gasteiger charge is 2.66. The number of carboxylic acid groups (broad SMARTS) is 1. The zero-order chi connectivity index (χ0) is 12.9. The first kappa shape index (κ1) is 12.8. The van der Waals surface area contributed by atoms with Crippen molar-refractivity contribution < 1.29 is 24.5 Å². The van der Waals surface area contributed by atoms with E-state index in [-0.39, 0.29) is 12.7 Å². The Morgan fingerprint density at radius 2 is 2.00 bits per heavy atom. The minimum atomic E-state index is -1.28. The molecule has 5 heteroatoms. The van der Waals surface area contributed by atoms with Gasteiger partial charge < -0.3 is 19.7 Å². The fraction of sp³-hybridized carbons (Fsp3) is 0.917. The molecule has 1 saturated heterocycles. The fourth-order valence-electron chi connectivity index (χ4n) is 3.07. The third-order valence-corrected chi connectivity index (χ3v) is 4.21. The molecule has 2 aliphatic rings. The van der Waals surface area contributed by atoms with Gasteiger partial charge in [0.25, 0.3) is 0 Å². The van der Waals surface area contributed by atoms with E-state index in [4.69, 9.17) is 9.47 Å². The van der Waals surface area contributed by atoms with Crippen molar-refractivity contribution in [1.82, 2.24) is 0 Å². The monoisotopic (exact) mass is 244 g/mol. The summed E-state index contributed by atoms with van der Waals surface area (Å²) in [6.07, 6.45) is 0.991. The van der Waals surface area contributed by atoms with Crippen LogP contribution >= 0.6 is 0 Å². The largest absolute Gasteiger partial charge is 0.481 e. The first-order valence-electron chi connectivity index (χ1n) is 5.87. The van der Waals surface area contributed by atoms with E-state index in [9.17, 15) is 15.0 Å². The summed E-state index contributed by atoms with van der Waals surface area (Å²) in [4.78, 5) is 11.5. The molecule has 1 heterocycles. The second-order valence-electron chi connectivity index (χ2n) is 5.91. The van der Waals surface area contributed by atoms with Crippen molar-refractivity contribution in [2.24, 2.45) is 5.41 Å². The maximum Gasteiger partial charge on any atom is 0.312 e. The average Bonchev–Trinajstić information content (AvgIpc) is 2.39. The molecule has 1 atom stereocenters. The fourth-order valence-corrected chi connectivity index (χ4v) is 3.07. The molecular weight excluding hydrogens is 224 g/mol. The SMILES string of the molecule is COC1CC(C(=O)O)(C2(O)COC(C)(C)C2)C1. The number of hydrogen-bond acceptors (Lipinski definition) is 4. The average molecular weight is 244 g/mol.